The average Bonchev–Trinajstić information content (AvgIpc) is 1.80. The molecule has 9 heavy (non-hydrogen) atoms. The van der Waals surface area contributed by atoms with E-state index in [0.717, 1.165) is 8.06 Å². The summed E-state index contributed by atoms with van der Waals surface area (Å²) in [5, 5.41) is 0. The number of carbonyl (C=O) groups is 1. The van der Waals surface area contributed by atoms with Crippen molar-refractivity contribution in [1.82, 2.24) is 0 Å². The van der Waals surface area contributed by atoms with Gasteiger partial charge >= 0.3 is 0 Å². The number of rotatable bonds is 0. The van der Waals surface area contributed by atoms with E-state index in [2.05, 4.69) is 15.9 Å². The maximum atomic E-state index is 10.8. The molecule has 1 rings (SSSR count). The highest BCUT2D eigenvalue weighted by Gasteiger charge is 2.08. The molecule has 0 spiro atoms. The molecule has 1 nitrogen and oxygen atoms in total. The molecule has 0 saturated carbocycles. The van der Waals surface area contributed by atoms with Crippen molar-refractivity contribution in [2.75, 3.05) is 0 Å². The molecule has 1 aliphatic rings. The smallest absolute Gasteiger partial charge is 0.172 e. The third-order valence-corrected chi connectivity index (χ3v) is 2.48. The fraction of sp³-hybridized carbons (Fsp3) is 0.167. The first-order valence-electron chi connectivity index (χ1n) is 2.46. The van der Waals surface area contributed by atoms with Crippen molar-refractivity contribution in [2.24, 2.45) is 0 Å². The normalized spacial score (nSPS) is 19.1. The van der Waals surface area contributed by atoms with Gasteiger partial charge in [0.15, 0.2) is 5.78 Å². The molecule has 0 aromatic rings. The standard InChI is InChI=1S/C6H4BrIO/c7-4-1-2-6(9)5(8)3-4/h1,3H,2H2. The van der Waals surface area contributed by atoms with Gasteiger partial charge in [0.1, 0.15) is 0 Å². The molecule has 0 saturated heterocycles. The Bertz CT molecular complexity index is 205. The number of hydrogen-bond acceptors (Lipinski definition) is 1. The van der Waals surface area contributed by atoms with Crippen molar-refractivity contribution in [2.45, 2.75) is 6.42 Å². The number of carbonyl (C=O) groups excluding carboxylic acids is 1. The van der Waals surface area contributed by atoms with E-state index in [1.807, 2.05) is 34.7 Å². The maximum Gasteiger partial charge on any atom is 0.172 e. The summed E-state index contributed by atoms with van der Waals surface area (Å²) in [5.41, 5.74) is 0. The lowest BCUT2D eigenvalue weighted by atomic mass is 10.2. The summed E-state index contributed by atoms with van der Waals surface area (Å²) < 4.78 is 1.81. The van der Waals surface area contributed by atoms with Crippen LogP contribution >= 0.6 is 38.5 Å². The molecule has 0 fully saturated rings. The molecule has 0 bridgehead atoms. The Morgan fingerprint density at radius 2 is 2.33 bits per heavy atom. The zero-order valence-electron chi connectivity index (χ0n) is 4.53. The highest BCUT2D eigenvalue weighted by atomic mass is 127. The maximum absolute atomic E-state index is 10.8. The average molecular weight is 299 g/mol. The summed E-state index contributed by atoms with van der Waals surface area (Å²) in [4.78, 5) is 10.8. The van der Waals surface area contributed by atoms with Gasteiger partial charge in [-0.2, -0.15) is 0 Å². The number of halogens is 2. The number of ketones is 1. The van der Waals surface area contributed by atoms with Crippen molar-refractivity contribution in [3.63, 3.8) is 0 Å². The molecular weight excluding hydrogens is 295 g/mol. The van der Waals surface area contributed by atoms with Gasteiger partial charge in [-0.15, -0.1) is 0 Å². The first-order chi connectivity index (χ1) is 4.20. The van der Waals surface area contributed by atoms with Crippen LogP contribution in [0.3, 0.4) is 0 Å². The quantitative estimate of drug-likeness (QED) is 0.628. The van der Waals surface area contributed by atoms with Gasteiger partial charge in [-0.05, 0) is 28.7 Å². The van der Waals surface area contributed by atoms with Gasteiger partial charge in [-0.1, -0.05) is 22.0 Å². The van der Waals surface area contributed by atoms with E-state index in [1.54, 1.807) is 0 Å². The minimum atomic E-state index is 0.207. The zero-order chi connectivity index (χ0) is 6.85. The van der Waals surface area contributed by atoms with Crippen molar-refractivity contribution >= 4 is 44.3 Å². The van der Waals surface area contributed by atoms with Gasteiger partial charge in [0.05, 0.1) is 3.58 Å². The van der Waals surface area contributed by atoms with E-state index < -0.39 is 0 Å². The molecule has 0 atom stereocenters. The second-order valence-electron chi connectivity index (χ2n) is 1.71. The Labute approximate surface area is 75.5 Å². The van der Waals surface area contributed by atoms with Crippen LogP contribution in [0.4, 0.5) is 0 Å². The van der Waals surface area contributed by atoms with E-state index >= 15 is 0 Å². The lowest BCUT2D eigenvalue weighted by Gasteiger charge is -2.01. The lowest BCUT2D eigenvalue weighted by Crippen LogP contribution is -1.98. The Kier molecular flexibility index (Phi) is 2.46. The zero-order valence-corrected chi connectivity index (χ0v) is 8.27. The summed E-state index contributed by atoms with van der Waals surface area (Å²) in [6, 6.07) is 0. The van der Waals surface area contributed by atoms with Crippen LogP contribution < -0.4 is 0 Å². The second-order valence-corrected chi connectivity index (χ2v) is 3.79. The second kappa shape index (κ2) is 2.96. The third-order valence-electron chi connectivity index (χ3n) is 1.01. The van der Waals surface area contributed by atoms with Crippen molar-refractivity contribution in [1.29, 1.82) is 0 Å². The minimum Gasteiger partial charge on any atom is -0.293 e. The van der Waals surface area contributed by atoms with Crippen LogP contribution in [0.1, 0.15) is 6.42 Å². The fourth-order valence-corrected chi connectivity index (χ4v) is 1.92. The van der Waals surface area contributed by atoms with Gasteiger partial charge < -0.3 is 0 Å². The summed E-state index contributed by atoms with van der Waals surface area (Å²) in [5.74, 6) is 0.207. The summed E-state index contributed by atoms with van der Waals surface area (Å²) in [6.45, 7) is 0. The molecule has 0 amide bonds. The molecule has 0 N–H and O–H groups in total. The van der Waals surface area contributed by atoms with Crippen molar-refractivity contribution in [3.05, 3.63) is 20.2 Å². The van der Waals surface area contributed by atoms with Crippen LogP contribution in [-0.4, -0.2) is 5.78 Å². The fourth-order valence-electron chi connectivity index (χ4n) is 0.548. The minimum absolute atomic E-state index is 0.207. The number of Topliss-reactive ketones (excluding diaryl/α,β-unsaturated/α-hetero) is 1. The van der Waals surface area contributed by atoms with Crippen LogP contribution in [-0.2, 0) is 4.79 Å². The highest BCUT2D eigenvalue weighted by molar-refractivity contribution is 14.1. The third kappa shape index (κ3) is 1.89. The highest BCUT2D eigenvalue weighted by Crippen LogP contribution is 2.22. The monoisotopic (exact) mass is 298 g/mol. The van der Waals surface area contributed by atoms with Gasteiger partial charge in [0.2, 0.25) is 0 Å². The van der Waals surface area contributed by atoms with Crippen LogP contribution in [0.25, 0.3) is 0 Å². The van der Waals surface area contributed by atoms with Crippen molar-refractivity contribution in [3.8, 4) is 0 Å². The molecule has 48 valence electrons. The largest absolute Gasteiger partial charge is 0.293 e. The van der Waals surface area contributed by atoms with Gasteiger partial charge in [-0.3, -0.25) is 4.79 Å². The molecule has 0 radical (unpaired) electrons. The first kappa shape index (κ1) is 7.47. The molecule has 0 aromatic carbocycles. The van der Waals surface area contributed by atoms with Crippen LogP contribution in [0.2, 0.25) is 0 Å². The van der Waals surface area contributed by atoms with Gasteiger partial charge in [0, 0.05) is 10.9 Å². The van der Waals surface area contributed by atoms with E-state index in [-0.39, 0.29) is 5.78 Å². The number of allylic oxidation sites excluding steroid dienone is 4. The first-order valence-corrected chi connectivity index (χ1v) is 4.33. The number of hydrogen-bond donors (Lipinski definition) is 0. The Morgan fingerprint density at radius 3 is 2.78 bits per heavy atom. The van der Waals surface area contributed by atoms with Gasteiger partial charge in [0.25, 0.3) is 0 Å². The molecule has 3 heteroatoms. The van der Waals surface area contributed by atoms with Crippen LogP contribution in [0, 0.1) is 0 Å². The Balaban J connectivity index is 2.87. The molecule has 0 heterocycles. The molecule has 0 unspecified atom stereocenters. The van der Waals surface area contributed by atoms with Crippen LogP contribution in [0.15, 0.2) is 20.2 Å². The van der Waals surface area contributed by atoms with Crippen molar-refractivity contribution < 1.29 is 4.79 Å². The van der Waals surface area contributed by atoms with E-state index in [0.29, 0.717) is 6.42 Å². The van der Waals surface area contributed by atoms with E-state index in [1.165, 1.54) is 0 Å². The topological polar surface area (TPSA) is 17.1 Å². The SMILES string of the molecule is O=C1CC=C(Br)C=C1I. The molecular formula is C6H4BrIO. The van der Waals surface area contributed by atoms with Crippen LogP contribution in [0.5, 0.6) is 0 Å². The molecule has 1 aliphatic carbocycles. The predicted molar refractivity (Wildman–Crippen MR) is 48.7 cm³/mol. The van der Waals surface area contributed by atoms with E-state index in [9.17, 15) is 4.79 Å². The van der Waals surface area contributed by atoms with Gasteiger partial charge in [-0.25, -0.2) is 0 Å². The summed E-state index contributed by atoms with van der Waals surface area (Å²) in [7, 11) is 0. The lowest BCUT2D eigenvalue weighted by molar-refractivity contribution is -0.114. The van der Waals surface area contributed by atoms with E-state index in [4.69, 9.17) is 0 Å². The predicted octanol–water partition coefficient (Wildman–Crippen LogP) is 2.56. The molecule has 0 aromatic heterocycles. The Hall–Kier alpha value is 0.360. The molecule has 0 aliphatic heterocycles. The summed E-state index contributed by atoms with van der Waals surface area (Å²) in [6.07, 6.45) is 4.23. The Morgan fingerprint density at radius 1 is 1.67 bits per heavy atom. The summed E-state index contributed by atoms with van der Waals surface area (Å²) >= 11 is 5.32.